The first-order valence-corrected chi connectivity index (χ1v) is 6.95. The molecule has 1 fully saturated rings. The Labute approximate surface area is 102 Å². The average Bonchev–Trinajstić information content (AvgIpc) is 2.65. The molecule has 1 aliphatic heterocycles. The lowest BCUT2D eigenvalue weighted by atomic mass is 10.1. The van der Waals surface area contributed by atoms with E-state index in [2.05, 4.69) is 44.8 Å². The fourth-order valence-corrected chi connectivity index (χ4v) is 2.48. The van der Waals surface area contributed by atoms with Gasteiger partial charge in [-0.25, -0.2) is 0 Å². The number of likely N-dealkylation sites (tertiary alicyclic amines) is 1. The second-order valence-electron chi connectivity index (χ2n) is 6.25. The standard InChI is InChI=1S/C14H30N2/c1-6-12-8-9-16(11-12)13(7-2)10-15-14(3,4)5/h12-13,15H,6-11H2,1-5H3. The van der Waals surface area contributed by atoms with Crippen LogP contribution >= 0.6 is 0 Å². The van der Waals surface area contributed by atoms with Gasteiger partial charge in [-0.15, -0.1) is 0 Å². The fraction of sp³-hybridized carbons (Fsp3) is 1.00. The van der Waals surface area contributed by atoms with Crippen LogP contribution in [-0.2, 0) is 0 Å². The molecule has 1 rings (SSSR count). The van der Waals surface area contributed by atoms with Crippen molar-refractivity contribution < 1.29 is 0 Å². The van der Waals surface area contributed by atoms with E-state index in [4.69, 9.17) is 0 Å². The van der Waals surface area contributed by atoms with Crippen LogP contribution in [0, 0.1) is 5.92 Å². The highest BCUT2D eigenvalue weighted by molar-refractivity contribution is 4.83. The molecule has 0 aliphatic carbocycles. The molecule has 0 bridgehead atoms. The van der Waals surface area contributed by atoms with Crippen LogP contribution in [0.25, 0.3) is 0 Å². The predicted octanol–water partition coefficient (Wildman–Crippen LogP) is 2.89. The Kier molecular flexibility index (Phi) is 5.26. The highest BCUT2D eigenvalue weighted by Crippen LogP contribution is 2.22. The van der Waals surface area contributed by atoms with E-state index in [-0.39, 0.29) is 5.54 Å². The Hall–Kier alpha value is -0.0800. The van der Waals surface area contributed by atoms with E-state index in [0.29, 0.717) is 0 Å². The molecule has 0 aromatic rings. The third-order valence-corrected chi connectivity index (χ3v) is 3.75. The predicted molar refractivity (Wildman–Crippen MR) is 71.8 cm³/mol. The molecule has 2 heteroatoms. The largest absolute Gasteiger partial charge is 0.311 e. The normalized spacial score (nSPS) is 24.9. The molecule has 96 valence electrons. The van der Waals surface area contributed by atoms with Crippen LogP contribution in [0.5, 0.6) is 0 Å². The summed E-state index contributed by atoms with van der Waals surface area (Å²) in [6.45, 7) is 15.1. The Balaban J connectivity index is 2.37. The zero-order valence-electron chi connectivity index (χ0n) is 11.8. The number of nitrogens with one attached hydrogen (secondary N) is 1. The molecule has 0 amide bonds. The Morgan fingerprint density at radius 1 is 1.31 bits per heavy atom. The van der Waals surface area contributed by atoms with Crippen LogP contribution in [0.1, 0.15) is 53.9 Å². The van der Waals surface area contributed by atoms with Gasteiger partial charge in [0.25, 0.3) is 0 Å². The molecule has 2 unspecified atom stereocenters. The number of hydrogen-bond donors (Lipinski definition) is 1. The maximum atomic E-state index is 3.64. The maximum Gasteiger partial charge on any atom is 0.0218 e. The van der Waals surface area contributed by atoms with E-state index in [0.717, 1.165) is 18.5 Å². The van der Waals surface area contributed by atoms with Gasteiger partial charge in [0.1, 0.15) is 0 Å². The minimum Gasteiger partial charge on any atom is -0.311 e. The lowest BCUT2D eigenvalue weighted by molar-refractivity contribution is 0.208. The molecule has 16 heavy (non-hydrogen) atoms. The fourth-order valence-electron chi connectivity index (χ4n) is 2.48. The lowest BCUT2D eigenvalue weighted by Crippen LogP contribution is -2.46. The minimum atomic E-state index is 0.247. The van der Waals surface area contributed by atoms with E-state index < -0.39 is 0 Å². The maximum absolute atomic E-state index is 3.64. The first-order chi connectivity index (χ1) is 7.46. The third kappa shape index (κ3) is 4.42. The summed E-state index contributed by atoms with van der Waals surface area (Å²) < 4.78 is 0. The number of hydrogen-bond acceptors (Lipinski definition) is 2. The van der Waals surface area contributed by atoms with Crippen LogP contribution in [-0.4, -0.2) is 36.1 Å². The van der Waals surface area contributed by atoms with Crippen molar-refractivity contribution in [2.24, 2.45) is 5.92 Å². The molecular formula is C14H30N2. The van der Waals surface area contributed by atoms with Crippen molar-refractivity contribution in [1.82, 2.24) is 10.2 Å². The second-order valence-corrected chi connectivity index (χ2v) is 6.25. The van der Waals surface area contributed by atoms with E-state index >= 15 is 0 Å². The molecule has 1 saturated heterocycles. The number of nitrogens with zero attached hydrogens (tertiary/aromatic N) is 1. The minimum absolute atomic E-state index is 0.247. The first-order valence-electron chi connectivity index (χ1n) is 6.95. The van der Waals surface area contributed by atoms with Crippen molar-refractivity contribution >= 4 is 0 Å². The van der Waals surface area contributed by atoms with Crippen LogP contribution < -0.4 is 5.32 Å². The highest BCUT2D eigenvalue weighted by Gasteiger charge is 2.26. The van der Waals surface area contributed by atoms with Gasteiger partial charge in [0.15, 0.2) is 0 Å². The van der Waals surface area contributed by atoms with E-state index in [1.807, 2.05) is 0 Å². The first kappa shape index (κ1) is 14.0. The van der Waals surface area contributed by atoms with Gasteiger partial charge in [0.05, 0.1) is 0 Å². The van der Waals surface area contributed by atoms with Gasteiger partial charge in [0, 0.05) is 24.7 Å². The van der Waals surface area contributed by atoms with Gasteiger partial charge >= 0.3 is 0 Å². The average molecular weight is 226 g/mol. The lowest BCUT2D eigenvalue weighted by Gasteiger charge is -2.31. The van der Waals surface area contributed by atoms with Gasteiger partial charge in [0.2, 0.25) is 0 Å². The summed E-state index contributed by atoms with van der Waals surface area (Å²) in [5.74, 6) is 0.948. The Bertz CT molecular complexity index is 195. The molecule has 1 N–H and O–H groups in total. The molecule has 1 aliphatic rings. The van der Waals surface area contributed by atoms with Crippen LogP contribution in [0.2, 0.25) is 0 Å². The van der Waals surface area contributed by atoms with E-state index in [1.165, 1.54) is 32.4 Å². The Morgan fingerprint density at radius 2 is 2.00 bits per heavy atom. The molecule has 2 atom stereocenters. The summed E-state index contributed by atoms with van der Waals surface area (Å²) in [6, 6.07) is 0.732. The van der Waals surface area contributed by atoms with Crippen LogP contribution in [0.3, 0.4) is 0 Å². The van der Waals surface area contributed by atoms with Crippen LogP contribution in [0.15, 0.2) is 0 Å². The highest BCUT2D eigenvalue weighted by atomic mass is 15.2. The molecule has 0 aromatic heterocycles. The van der Waals surface area contributed by atoms with E-state index in [1.54, 1.807) is 0 Å². The van der Waals surface area contributed by atoms with Crippen LogP contribution in [0.4, 0.5) is 0 Å². The van der Waals surface area contributed by atoms with E-state index in [9.17, 15) is 0 Å². The molecule has 1 heterocycles. The summed E-state index contributed by atoms with van der Waals surface area (Å²) >= 11 is 0. The quantitative estimate of drug-likeness (QED) is 0.775. The van der Waals surface area contributed by atoms with Crippen molar-refractivity contribution in [3.05, 3.63) is 0 Å². The zero-order chi connectivity index (χ0) is 12.2. The third-order valence-electron chi connectivity index (χ3n) is 3.75. The van der Waals surface area contributed by atoms with Gasteiger partial charge in [-0.3, -0.25) is 4.90 Å². The van der Waals surface area contributed by atoms with Crippen molar-refractivity contribution in [3.8, 4) is 0 Å². The topological polar surface area (TPSA) is 15.3 Å². The number of rotatable bonds is 5. The van der Waals surface area contributed by atoms with Gasteiger partial charge < -0.3 is 5.32 Å². The molecule has 0 spiro atoms. The summed E-state index contributed by atoms with van der Waals surface area (Å²) in [6.07, 6.45) is 4.02. The van der Waals surface area contributed by atoms with Gasteiger partial charge in [-0.05, 0) is 46.1 Å². The molecule has 0 radical (unpaired) electrons. The van der Waals surface area contributed by atoms with Crippen molar-refractivity contribution in [2.75, 3.05) is 19.6 Å². The van der Waals surface area contributed by atoms with Crippen molar-refractivity contribution in [2.45, 2.75) is 65.5 Å². The molecular weight excluding hydrogens is 196 g/mol. The van der Waals surface area contributed by atoms with Gasteiger partial charge in [-0.2, -0.15) is 0 Å². The van der Waals surface area contributed by atoms with Crippen molar-refractivity contribution in [1.29, 1.82) is 0 Å². The monoisotopic (exact) mass is 226 g/mol. The van der Waals surface area contributed by atoms with Crippen molar-refractivity contribution in [3.63, 3.8) is 0 Å². The molecule has 2 nitrogen and oxygen atoms in total. The summed E-state index contributed by atoms with van der Waals surface area (Å²) in [4.78, 5) is 2.69. The SMILES string of the molecule is CCC1CCN(C(CC)CNC(C)(C)C)C1. The summed E-state index contributed by atoms with van der Waals surface area (Å²) in [5.41, 5.74) is 0.247. The molecule has 0 saturated carbocycles. The summed E-state index contributed by atoms with van der Waals surface area (Å²) in [5, 5.41) is 3.64. The zero-order valence-corrected chi connectivity index (χ0v) is 11.8. The Morgan fingerprint density at radius 3 is 2.44 bits per heavy atom. The summed E-state index contributed by atoms with van der Waals surface area (Å²) in [7, 11) is 0. The van der Waals surface area contributed by atoms with Gasteiger partial charge in [-0.1, -0.05) is 20.3 Å². The smallest absolute Gasteiger partial charge is 0.0218 e. The molecule has 0 aromatic carbocycles. The second kappa shape index (κ2) is 6.02.